The minimum Gasteiger partial charge on any atom is -0.337 e. The van der Waals surface area contributed by atoms with Crippen molar-refractivity contribution in [2.24, 2.45) is 5.73 Å². The van der Waals surface area contributed by atoms with E-state index in [4.69, 9.17) is 5.73 Å². The topological polar surface area (TPSA) is 49.6 Å². The average Bonchev–Trinajstić information content (AvgIpc) is 2.63. The predicted molar refractivity (Wildman–Crippen MR) is 81.9 cm³/mol. The molecule has 1 saturated heterocycles. The van der Waals surface area contributed by atoms with Gasteiger partial charge in [-0.3, -0.25) is 4.79 Å². The third-order valence-electron chi connectivity index (χ3n) is 3.79. The number of amides is 1. The van der Waals surface area contributed by atoms with Gasteiger partial charge in [0.25, 0.3) is 5.91 Å². The number of hydrogen-bond donors (Lipinski definition) is 1. The Morgan fingerprint density at radius 3 is 2.45 bits per heavy atom. The molecule has 0 aromatic heterocycles. The second-order valence-electron chi connectivity index (χ2n) is 5.65. The van der Waals surface area contributed by atoms with E-state index in [1.807, 2.05) is 30.9 Å². The molecular weight excluding hydrogens is 250 g/mol. The molecule has 1 aromatic rings. The van der Waals surface area contributed by atoms with Gasteiger partial charge in [0.2, 0.25) is 0 Å². The molecule has 2 rings (SSSR count). The van der Waals surface area contributed by atoms with Gasteiger partial charge in [-0.2, -0.15) is 0 Å². The SMILES string of the molecule is Cc1cc(C)cc(C(=O)N2CCCN(CCN)CC2)c1. The van der Waals surface area contributed by atoms with Crippen LogP contribution in [0.25, 0.3) is 0 Å². The molecule has 1 amide bonds. The summed E-state index contributed by atoms with van der Waals surface area (Å²) in [5, 5.41) is 0. The lowest BCUT2D eigenvalue weighted by atomic mass is 10.1. The van der Waals surface area contributed by atoms with E-state index in [0.29, 0.717) is 6.54 Å². The van der Waals surface area contributed by atoms with Gasteiger partial charge >= 0.3 is 0 Å². The zero-order valence-corrected chi connectivity index (χ0v) is 12.6. The van der Waals surface area contributed by atoms with Crippen molar-refractivity contribution in [1.29, 1.82) is 0 Å². The largest absolute Gasteiger partial charge is 0.337 e. The van der Waals surface area contributed by atoms with Crippen molar-refractivity contribution in [3.05, 3.63) is 34.9 Å². The third-order valence-corrected chi connectivity index (χ3v) is 3.79. The molecule has 0 atom stereocenters. The number of nitrogens with two attached hydrogens (primary N) is 1. The summed E-state index contributed by atoms with van der Waals surface area (Å²) in [5.41, 5.74) is 8.71. The molecule has 1 heterocycles. The van der Waals surface area contributed by atoms with Crippen LogP contribution in [0.5, 0.6) is 0 Å². The fourth-order valence-corrected chi connectivity index (χ4v) is 2.86. The first kappa shape index (κ1) is 15.0. The Balaban J connectivity index is 2.05. The van der Waals surface area contributed by atoms with Gasteiger partial charge in [0, 0.05) is 38.3 Å². The zero-order chi connectivity index (χ0) is 14.5. The molecule has 2 N–H and O–H groups in total. The van der Waals surface area contributed by atoms with Crippen LogP contribution in [-0.4, -0.2) is 55.0 Å². The zero-order valence-electron chi connectivity index (χ0n) is 12.6. The maximum Gasteiger partial charge on any atom is 0.253 e. The number of nitrogens with zero attached hydrogens (tertiary/aromatic N) is 2. The smallest absolute Gasteiger partial charge is 0.253 e. The standard InChI is InChI=1S/C16H25N3O/c1-13-10-14(2)12-15(11-13)16(20)19-6-3-5-18(7-4-17)8-9-19/h10-12H,3-9,17H2,1-2H3. The highest BCUT2D eigenvalue weighted by molar-refractivity contribution is 5.94. The number of rotatable bonds is 3. The van der Waals surface area contributed by atoms with Gasteiger partial charge in [-0.15, -0.1) is 0 Å². The number of aryl methyl sites for hydroxylation is 2. The van der Waals surface area contributed by atoms with Crippen molar-refractivity contribution in [3.8, 4) is 0 Å². The van der Waals surface area contributed by atoms with Crippen LogP contribution in [0.2, 0.25) is 0 Å². The van der Waals surface area contributed by atoms with Gasteiger partial charge in [0.15, 0.2) is 0 Å². The van der Waals surface area contributed by atoms with Crippen LogP contribution < -0.4 is 5.73 Å². The molecule has 0 radical (unpaired) electrons. The third kappa shape index (κ3) is 3.81. The lowest BCUT2D eigenvalue weighted by molar-refractivity contribution is 0.0761. The van der Waals surface area contributed by atoms with Crippen molar-refractivity contribution >= 4 is 5.91 Å². The Hall–Kier alpha value is -1.39. The summed E-state index contributed by atoms with van der Waals surface area (Å²) in [7, 11) is 0. The second-order valence-corrected chi connectivity index (χ2v) is 5.65. The van der Waals surface area contributed by atoms with E-state index < -0.39 is 0 Å². The minimum absolute atomic E-state index is 0.159. The summed E-state index contributed by atoms with van der Waals surface area (Å²) in [4.78, 5) is 16.9. The molecule has 4 nitrogen and oxygen atoms in total. The fraction of sp³-hybridized carbons (Fsp3) is 0.562. The lowest BCUT2D eigenvalue weighted by Crippen LogP contribution is -2.36. The number of hydrogen-bond acceptors (Lipinski definition) is 3. The summed E-state index contributed by atoms with van der Waals surface area (Å²) >= 11 is 0. The highest BCUT2D eigenvalue weighted by atomic mass is 16.2. The molecule has 1 aliphatic heterocycles. The quantitative estimate of drug-likeness (QED) is 0.907. The Bertz CT molecular complexity index is 453. The van der Waals surface area contributed by atoms with Crippen LogP contribution >= 0.6 is 0 Å². The number of carbonyl (C=O) groups excluding carboxylic acids is 1. The summed E-state index contributed by atoms with van der Waals surface area (Å²) in [6.45, 7) is 9.28. The molecule has 1 aromatic carbocycles. The predicted octanol–water partition coefficient (Wildman–Crippen LogP) is 1.41. The summed E-state index contributed by atoms with van der Waals surface area (Å²) in [5.74, 6) is 0.159. The second kappa shape index (κ2) is 6.86. The first-order chi connectivity index (χ1) is 9.60. The Kier molecular flexibility index (Phi) is 5.15. The minimum atomic E-state index is 0.159. The summed E-state index contributed by atoms with van der Waals surface area (Å²) < 4.78 is 0. The molecule has 1 aliphatic rings. The van der Waals surface area contributed by atoms with Gasteiger partial charge in [0.05, 0.1) is 0 Å². The normalized spacial score (nSPS) is 17.1. The van der Waals surface area contributed by atoms with E-state index >= 15 is 0 Å². The molecular formula is C16H25N3O. The number of carbonyl (C=O) groups is 1. The van der Waals surface area contributed by atoms with Crippen molar-refractivity contribution in [3.63, 3.8) is 0 Å². The van der Waals surface area contributed by atoms with Crippen LogP contribution in [0.3, 0.4) is 0 Å². The molecule has 4 heteroatoms. The van der Waals surface area contributed by atoms with Gasteiger partial charge < -0.3 is 15.5 Å². The molecule has 0 spiro atoms. The number of benzene rings is 1. The van der Waals surface area contributed by atoms with E-state index in [1.54, 1.807) is 0 Å². The molecule has 0 unspecified atom stereocenters. The molecule has 0 saturated carbocycles. The van der Waals surface area contributed by atoms with E-state index in [1.165, 1.54) is 0 Å². The monoisotopic (exact) mass is 275 g/mol. The van der Waals surface area contributed by atoms with Crippen LogP contribution in [0.4, 0.5) is 0 Å². The molecule has 0 aliphatic carbocycles. The van der Waals surface area contributed by atoms with Crippen molar-refractivity contribution in [1.82, 2.24) is 9.80 Å². The maximum atomic E-state index is 12.6. The first-order valence-corrected chi connectivity index (χ1v) is 7.40. The average molecular weight is 275 g/mol. The van der Waals surface area contributed by atoms with Crippen LogP contribution in [0, 0.1) is 13.8 Å². The fourth-order valence-electron chi connectivity index (χ4n) is 2.86. The van der Waals surface area contributed by atoms with Crippen LogP contribution in [-0.2, 0) is 0 Å². The highest BCUT2D eigenvalue weighted by Gasteiger charge is 2.20. The van der Waals surface area contributed by atoms with Gasteiger partial charge in [-0.1, -0.05) is 17.2 Å². The Morgan fingerprint density at radius 1 is 1.10 bits per heavy atom. The van der Waals surface area contributed by atoms with E-state index in [-0.39, 0.29) is 5.91 Å². The highest BCUT2D eigenvalue weighted by Crippen LogP contribution is 2.13. The van der Waals surface area contributed by atoms with Gasteiger partial charge in [-0.25, -0.2) is 0 Å². The van der Waals surface area contributed by atoms with Crippen LogP contribution in [0.15, 0.2) is 18.2 Å². The van der Waals surface area contributed by atoms with E-state index in [9.17, 15) is 4.79 Å². The lowest BCUT2D eigenvalue weighted by Gasteiger charge is -2.22. The molecule has 20 heavy (non-hydrogen) atoms. The molecule has 0 bridgehead atoms. The first-order valence-electron chi connectivity index (χ1n) is 7.40. The van der Waals surface area contributed by atoms with Gasteiger partial charge in [0.1, 0.15) is 0 Å². The van der Waals surface area contributed by atoms with Crippen LogP contribution in [0.1, 0.15) is 27.9 Å². The Morgan fingerprint density at radius 2 is 1.80 bits per heavy atom. The van der Waals surface area contributed by atoms with Crippen molar-refractivity contribution < 1.29 is 4.79 Å². The maximum absolute atomic E-state index is 12.6. The molecule has 1 fully saturated rings. The van der Waals surface area contributed by atoms with Crippen molar-refractivity contribution in [2.75, 3.05) is 39.3 Å². The van der Waals surface area contributed by atoms with E-state index in [2.05, 4.69) is 11.0 Å². The van der Waals surface area contributed by atoms with E-state index in [0.717, 1.165) is 55.8 Å². The summed E-state index contributed by atoms with van der Waals surface area (Å²) in [6, 6.07) is 6.07. The molecule has 110 valence electrons. The van der Waals surface area contributed by atoms with Gasteiger partial charge in [-0.05, 0) is 38.9 Å². The Labute approximate surface area is 121 Å². The van der Waals surface area contributed by atoms with Crippen molar-refractivity contribution in [2.45, 2.75) is 20.3 Å². The summed E-state index contributed by atoms with van der Waals surface area (Å²) in [6.07, 6.45) is 1.02.